The van der Waals surface area contributed by atoms with Gasteiger partial charge in [-0.3, -0.25) is 38.4 Å². The van der Waals surface area contributed by atoms with Crippen molar-refractivity contribution < 1.29 is 181 Å². The summed E-state index contributed by atoms with van der Waals surface area (Å²) in [6.45, 7) is 2.50. The standard InChI is InChI=1S/4C14H10BF3O4.C5H11N.Eu/c4*16-14(17,18)13(20)7-12(19)10-5-1-4-9-8(10)3-2-6-11(9)15(21)22;1-2-4-6-5-3-1;/h4*1-6,21-22H,7H2;6H,1-5H2;/q;;;;;+3. The Morgan fingerprint density at radius 2 is 0.474 bits per heavy atom. The molecule has 17 nitrogen and oxygen atoms in total. The molecule has 0 aromatic heterocycles. The molecule has 0 unspecified atom stereocenters. The Labute approximate surface area is 572 Å². The summed E-state index contributed by atoms with van der Waals surface area (Å²) in [7, 11) is -7.14. The number of carbonyl (C=O) groups is 8. The Morgan fingerprint density at radius 1 is 0.295 bits per heavy atom. The van der Waals surface area contributed by atoms with E-state index in [0.29, 0.717) is 21.5 Å². The fraction of sp³-hybridized carbons (Fsp3) is 0.213. The molecule has 8 aromatic carbocycles. The third-order valence-corrected chi connectivity index (χ3v) is 13.9. The molecule has 1 saturated heterocycles. The van der Waals surface area contributed by atoms with Crippen molar-refractivity contribution in [2.24, 2.45) is 0 Å². The van der Waals surface area contributed by atoms with Gasteiger partial charge in [0.2, 0.25) is 23.1 Å². The largest absolute Gasteiger partial charge is 3.00 e. The average molecular weight is 1480 g/mol. The Balaban J connectivity index is 0.000000260. The van der Waals surface area contributed by atoms with Gasteiger partial charge in [-0.1, -0.05) is 152 Å². The summed E-state index contributed by atoms with van der Waals surface area (Å²) in [5.74, 6) is -12.4. The summed E-state index contributed by atoms with van der Waals surface area (Å²) < 4.78 is 147. The van der Waals surface area contributed by atoms with E-state index in [1.165, 1.54) is 178 Å². The minimum Gasteiger partial charge on any atom is -0.423 e. The fourth-order valence-electron chi connectivity index (χ4n) is 9.38. The van der Waals surface area contributed by atoms with E-state index in [1.54, 1.807) is 0 Å². The summed E-state index contributed by atoms with van der Waals surface area (Å²) >= 11 is 0. The number of halogens is 12. The monoisotopic (exact) mass is 1480 g/mol. The number of fused-ring (bicyclic) bond motifs is 4. The quantitative estimate of drug-likeness (QED) is 0.0244. The molecule has 0 amide bonds. The van der Waals surface area contributed by atoms with E-state index < -0.39 is 125 Å². The molecule has 0 saturated carbocycles. The van der Waals surface area contributed by atoms with Crippen molar-refractivity contribution in [3.63, 3.8) is 0 Å². The van der Waals surface area contributed by atoms with E-state index in [0.717, 1.165) is 0 Å². The van der Waals surface area contributed by atoms with Gasteiger partial charge in [-0.25, -0.2) is 0 Å². The van der Waals surface area contributed by atoms with Crippen LogP contribution in [-0.2, 0) is 19.2 Å². The topological polar surface area (TPSA) is 310 Å². The van der Waals surface area contributed by atoms with Crippen LogP contribution < -0.4 is 27.2 Å². The van der Waals surface area contributed by atoms with Crippen LogP contribution in [0.4, 0.5) is 52.7 Å². The maximum Gasteiger partial charge on any atom is 3.00 e. The number of hydrogen-bond donors (Lipinski definition) is 9. The number of hydrogen-bond acceptors (Lipinski definition) is 17. The maximum atomic E-state index is 12.2. The zero-order chi connectivity index (χ0) is 70.2. The molecular formula is C61H51B4EuF12NO16+3. The molecule has 1 aliphatic rings. The zero-order valence-electron chi connectivity index (χ0n) is 48.8. The van der Waals surface area contributed by atoms with Crippen molar-refractivity contribution in [2.75, 3.05) is 13.1 Å². The molecular weight excluding hydrogens is 1430 g/mol. The molecule has 95 heavy (non-hydrogen) atoms. The van der Waals surface area contributed by atoms with Gasteiger partial charge < -0.3 is 45.5 Å². The van der Waals surface area contributed by atoms with Crippen molar-refractivity contribution in [2.45, 2.75) is 69.7 Å². The van der Waals surface area contributed by atoms with Gasteiger partial charge in [0.05, 0.1) is 25.7 Å². The normalized spacial score (nSPS) is 12.2. The zero-order valence-corrected chi connectivity index (χ0v) is 51.2. The van der Waals surface area contributed by atoms with E-state index >= 15 is 0 Å². The van der Waals surface area contributed by atoms with Gasteiger partial charge in [0.25, 0.3) is 0 Å². The molecule has 496 valence electrons. The van der Waals surface area contributed by atoms with Crippen LogP contribution in [0.2, 0.25) is 0 Å². The molecule has 0 spiro atoms. The van der Waals surface area contributed by atoms with Crippen molar-refractivity contribution in [3.05, 3.63) is 168 Å². The van der Waals surface area contributed by atoms with Gasteiger partial charge in [0.15, 0.2) is 23.1 Å². The van der Waals surface area contributed by atoms with Gasteiger partial charge in [-0.15, -0.1) is 0 Å². The summed E-state index contributed by atoms with van der Waals surface area (Å²) in [5.41, 5.74) is 0.192. The summed E-state index contributed by atoms with van der Waals surface area (Å²) in [4.78, 5) is 91.5. The van der Waals surface area contributed by atoms with Crippen molar-refractivity contribution in [3.8, 4) is 0 Å². The van der Waals surface area contributed by atoms with Crippen molar-refractivity contribution >= 4 is 140 Å². The van der Waals surface area contributed by atoms with Gasteiger partial charge >= 0.3 is 103 Å². The molecule has 9 N–H and O–H groups in total. The van der Waals surface area contributed by atoms with Crippen molar-refractivity contribution in [1.82, 2.24) is 5.32 Å². The third-order valence-electron chi connectivity index (χ3n) is 13.9. The second-order valence-corrected chi connectivity index (χ2v) is 20.4. The van der Waals surface area contributed by atoms with Gasteiger partial charge in [-0.05, 0) is 90.9 Å². The first-order chi connectivity index (χ1) is 43.9. The fourth-order valence-corrected chi connectivity index (χ4v) is 9.38. The molecule has 0 radical (unpaired) electrons. The first-order valence-corrected chi connectivity index (χ1v) is 27.6. The molecule has 0 bridgehead atoms. The molecule has 8 aromatic rings. The number of carbonyl (C=O) groups excluding carboxylic acids is 8. The van der Waals surface area contributed by atoms with E-state index in [4.69, 9.17) is 0 Å². The molecule has 34 heteroatoms. The second-order valence-electron chi connectivity index (χ2n) is 20.4. The molecule has 9 rings (SSSR count). The van der Waals surface area contributed by atoms with E-state index in [-0.39, 0.29) is 115 Å². The molecule has 1 fully saturated rings. The van der Waals surface area contributed by atoms with Crippen LogP contribution in [0.3, 0.4) is 0 Å². The predicted molar refractivity (Wildman–Crippen MR) is 322 cm³/mol. The number of benzene rings is 8. The van der Waals surface area contributed by atoms with Crippen LogP contribution >= 0.6 is 0 Å². The molecule has 1 aliphatic heterocycles. The molecule has 0 aliphatic carbocycles. The van der Waals surface area contributed by atoms with Crippen molar-refractivity contribution in [1.29, 1.82) is 0 Å². The van der Waals surface area contributed by atoms with Gasteiger partial charge in [0, 0.05) is 22.3 Å². The van der Waals surface area contributed by atoms with E-state index in [2.05, 4.69) is 5.32 Å². The van der Waals surface area contributed by atoms with Crippen LogP contribution in [0.1, 0.15) is 86.4 Å². The summed E-state index contributed by atoms with van der Waals surface area (Å²) in [5, 5.41) is 79.8. The summed E-state index contributed by atoms with van der Waals surface area (Å²) in [6, 6.07) is 34.1. The Hall–Kier alpha value is -7.20. The number of alkyl halides is 12. The Kier molecular flexibility index (Phi) is 29.7. The van der Waals surface area contributed by atoms with Crippen LogP contribution in [0.5, 0.6) is 0 Å². The number of piperidine rings is 1. The summed E-state index contributed by atoms with van der Waals surface area (Å²) in [6.07, 6.45) is -21.2. The third kappa shape index (κ3) is 22.4. The van der Waals surface area contributed by atoms with Crippen LogP contribution in [0, 0.1) is 49.4 Å². The number of Topliss-reactive ketones (excluding diaryl/α,β-unsaturated/α-hetero) is 8. The Bertz CT molecular complexity index is 3590. The van der Waals surface area contributed by atoms with Crippen LogP contribution in [-0.4, -0.2) is 153 Å². The molecule has 1 heterocycles. The maximum absolute atomic E-state index is 12.2. The number of rotatable bonds is 16. The van der Waals surface area contributed by atoms with Gasteiger partial charge in [-0.2, -0.15) is 52.7 Å². The smallest absolute Gasteiger partial charge is 0.423 e. The molecule has 0 atom stereocenters. The number of ketones is 8. The first kappa shape index (κ1) is 80.2. The number of nitrogens with one attached hydrogen (secondary N) is 1. The van der Waals surface area contributed by atoms with Crippen LogP contribution in [0.15, 0.2) is 146 Å². The second kappa shape index (κ2) is 35.2. The van der Waals surface area contributed by atoms with Crippen LogP contribution in [0.25, 0.3) is 43.1 Å². The van der Waals surface area contributed by atoms with Gasteiger partial charge in [0.1, 0.15) is 0 Å². The first-order valence-electron chi connectivity index (χ1n) is 27.6. The predicted octanol–water partition coefficient (Wildman–Crippen LogP) is 5.66. The SMILES string of the molecule is C1CCNCC1.O=C(CC(=O)C(F)(F)F)c1cccc2c(B(O)O)cccc12.O=C(CC(=O)C(F)(F)F)c1cccc2c(B(O)O)cccc12.O=C(CC(=O)C(F)(F)F)c1cccc2c(B(O)O)cccc12.O=C(CC(=O)C(F)(F)F)c1cccc2c(B(O)O)cccc12.[Eu+3]. The average Bonchev–Trinajstić information content (AvgIpc) is 0.818. The minimum absolute atomic E-state index is 0. The minimum atomic E-state index is -5.06. The Morgan fingerprint density at radius 3 is 0.621 bits per heavy atom. The van der Waals surface area contributed by atoms with E-state index in [1.807, 2.05) is 0 Å². The van der Waals surface area contributed by atoms with E-state index in [9.17, 15) is 131 Å².